The van der Waals surface area contributed by atoms with E-state index in [-0.39, 0.29) is 17.5 Å². The molecule has 3 heteroatoms. The van der Waals surface area contributed by atoms with E-state index in [9.17, 15) is 9.59 Å². The number of aryl methyl sites for hydroxylation is 1. The molecule has 1 unspecified atom stereocenters. The molecule has 1 fully saturated rings. The van der Waals surface area contributed by atoms with Gasteiger partial charge in [0.15, 0.2) is 5.78 Å². The average Bonchev–Trinajstić information content (AvgIpc) is 2.45. The van der Waals surface area contributed by atoms with Crippen LogP contribution in [0.2, 0.25) is 0 Å². The molecule has 102 valence electrons. The summed E-state index contributed by atoms with van der Waals surface area (Å²) in [4.78, 5) is 24.1. The highest BCUT2D eigenvalue weighted by atomic mass is 16.5. The van der Waals surface area contributed by atoms with E-state index >= 15 is 0 Å². The number of hydrogen-bond acceptors (Lipinski definition) is 3. The molecule has 0 spiro atoms. The fraction of sp³-hybridized carbons (Fsp3) is 0.500. The number of carbonyl (C=O) groups excluding carboxylic acids is 2. The van der Waals surface area contributed by atoms with Gasteiger partial charge in [-0.05, 0) is 37.0 Å². The summed E-state index contributed by atoms with van der Waals surface area (Å²) in [5.74, 6) is 0.706. The predicted octanol–water partition coefficient (Wildman–Crippen LogP) is 3.20. The molecule has 0 N–H and O–H groups in total. The molecular formula is C16H20O3. The summed E-state index contributed by atoms with van der Waals surface area (Å²) < 4.78 is 5.28. The van der Waals surface area contributed by atoms with E-state index in [1.165, 1.54) is 0 Å². The van der Waals surface area contributed by atoms with Crippen molar-refractivity contribution in [2.45, 2.75) is 39.0 Å². The maximum absolute atomic E-state index is 12.6. The van der Waals surface area contributed by atoms with Gasteiger partial charge in [-0.15, -0.1) is 0 Å². The van der Waals surface area contributed by atoms with E-state index in [0.29, 0.717) is 24.2 Å². The molecule has 0 saturated heterocycles. The van der Waals surface area contributed by atoms with Crippen LogP contribution in [0.25, 0.3) is 0 Å². The van der Waals surface area contributed by atoms with Gasteiger partial charge < -0.3 is 4.74 Å². The standard InChI is InChI=1S/C16H20O3/c1-3-11-7-8-15(19-2)14(9-11)16(18)12-5-4-6-13(17)10-12/h7-9,12H,3-6,10H2,1-2H3. The monoisotopic (exact) mass is 260 g/mol. The van der Waals surface area contributed by atoms with Crippen molar-refractivity contribution in [3.05, 3.63) is 29.3 Å². The van der Waals surface area contributed by atoms with Crippen molar-refractivity contribution >= 4 is 11.6 Å². The lowest BCUT2D eigenvalue weighted by atomic mass is 9.82. The summed E-state index contributed by atoms with van der Waals surface area (Å²) in [6.45, 7) is 2.06. The predicted molar refractivity (Wildman–Crippen MR) is 73.7 cm³/mol. The first-order valence-electron chi connectivity index (χ1n) is 6.88. The Bertz CT molecular complexity index is 491. The first-order chi connectivity index (χ1) is 9.15. The molecule has 3 nitrogen and oxygen atoms in total. The van der Waals surface area contributed by atoms with Gasteiger partial charge in [-0.3, -0.25) is 9.59 Å². The van der Waals surface area contributed by atoms with E-state index in [1.807, 2.05) is 18.2 Å². The maximum Gasteiger partial charge on any atom is 0.170 e. The summed E-state index contributed by atoms with van der Waals surface area (Å²) in [5, 5.41) is 0. The van der Waals surface area contributed by atoms with Crippen molar-refractivity contribution in [3.8, 4) is 5.75 Å². The summed E-state index contributed by atoms with van der Waals surface area (Å²) in [6, 6.07) is 5.72. The number of rotatable bonds is 4. The second-order valence-corrected chi connectivity index (χ2v) is 5.08. The number of methoxy groups -OCH3 is 1. The highest BCUT2D eigenvalue weighted by Gasteiger charge is 2.28. The quantitative estimate of drug-likeness (QED) is 0.781. The Balaban J connectivity index is 2.28. The zero-order chi connectivity index (χ0) is 13.8. The van der Waals surface area contributed by atoms with Crippen LogP contribution in [0.3, 0.4) is 0 Å². The third-order valence-electron chi connectivity index (χ3n) is 3.79. The lowest BCUT2D eigenvalue weighted by Gasteiger charge is -2.20. The van der Waals surface area contributed by atoms with Crippen LogP contribution in [-0.2, 0) is 11.2 Å². The molecule has 1 saturated carbocycles. The normalized spacial score (nSPS) is 19.3. The molecule has 1 aromatic carbocycles. The number of Topliss-reactive ketones (excluding diaryl/α,β-unsaturated/α-hetero) is 2. The lowest BCUT2D eigenvalue weighted by molar-refractivity contribution is -0.121. The first kappa shape index (κ1) is 13.8. The van der Waals surface area contributed by atoms with Gasteiger partial charge in [0.2, 0.25) is 0 Å². The third kappa shape index (κ3) is 3.03. The van der Waals surface area contributed by atoms with Crippen molar-refractivity contribution in [3.63, 3.8) is 0 Å². The van der Waals surface area contributed by atoms with Crippen molar-refractivity contribution in [1.29, 1.82) is 0 Å². The summed E-state index contributed by atoms with van der Waals surface area (Å²) in [7, 11) is 1.57. The van der Waals surface area contributed by atoms with Gasteiger partial charge in [0.25, 0.3) is 0 Å². The molecule has 1 aliphatic rings. The molecule has 1 atom stereocenters. The third-order valence-corrected chi connectivity index (χ3v) is 3.79. The minimum atomic E-state index is -0.165. The SMILES string of the molecule is CCc1ccc(OC)c(C(=O)C2CCCC(=O)C2)c1. The summed E-state index contributed by atoms with van der Waals surface area (Å²) in [5.41, 5.74) is 1.74. The Labute approximate surface area is 114 Å². The largest absolute Gasteiger partial charge is 0.496 e. The van der Waals surface area contributed by atoms with Crippen LogP contribution in [0.5, 0.6) is 5.75 Å². The summed E-state index contributed by atoms with van der Waals surface area (Å²) in [6.07, 6.45) is 3.53. The molecule has 0 amide bonds. The molecule has 0 radical (unpaired) electrons. The Kier molecular flexibility index (Phi) is 4.35. The van der Waals surface area contributed by atoms with E-state index in [0.717, 1.165) is 24.8 Å². The van der Waals surface area contributed by atoms with E-state index in [2.05, 4.69) is 6.92 Å². The lowest BCUT2D eigenvalue weighted by Crippen LogP contribution is -2.23. The van der Waals surface area contributed by atoms with Crippen LogP contribution in [-0.4, -0.2) is 18.7 Å². The molecule has 0 bridgehead atoms. The first-order valence-corrected chi connectivity index (χ1v) is 6.88. The zero-order valence-corrected chi connectivity index (χ0v) is 11.6. The van der Waals surface area contributed by atoms with Gasteiger partial charge in [0, 0.05) is 18.8 Å². The molecule has 0 heterocycles. The minimum absolute atomic E-state index is 0.0557. The fourth-order valence-electron chi connectivity index (χ4n) is 2.64. The molecule has 0 aromatic heterocycles. The van der Waals surface area contributed by atoms with Crippen LogP contribution in [0.4, 0.5) is 0 Å². The summed E-state index contributed by atoms with van der Waals surface area (Å²) >= 11 is 0. The average molecular weight is 260 g/mol. The van der Waals surface area contributed by atoms with Crippen LogP contribution >= 0.6 is 0 Å². The van der Waals surface area contributed by atoms with Crippen molar-refractivity contribution in [2.75, 3.05) is 7.11 Å². The minimum Gasteiger partial charge on any atom is -0.496 e. The van der Waals surface area contributed by atoms with E-state index < -0.39 is 0 Å². The van der Waals surface area contributed by atoms with Gasteiger partial charge in [-0.1, -0.05) is 13.0 Å². The van der Waals surface area contributed by atoms with Crippen LogP contribution in [0.15, 0.2) is 18.2 Å². The Morgan fingerprint density at radius 3 is 2.84 bits per heavy atom. The Hall–Kier alpha value is -1.64. The van der Waals surface area contributed by atoms with E-state index in [4.69, 9.17) is 4.74 Å². The fourth-order valence-corrected chi connectivity index (χ4v) is 2.64. The molecule has 0 aliphatic heterocycles. The van der Waals surface area contributed by atoms with Crippen LogP contribution in [0.1, 0.15) is 48.5 Å². The number of carbonyl (C=O) groups is 2. The molecule has 1 aliphatic carbocycles. The molecule has 1 aromatic rings. The van der Waals surface area contributed by atoms with E-state index in [1.54, 1.807) is 7.11 Å². The van der Waals surface area contributed by atoms with Gasteiger partial charge in [0.1, 0.15) is 11.5 Å². The maximum atomic E-state index is 12.6. The van der Waals surface area contributed by atoms with Crippen molar-refractivity contribution < 1.29 is 14.3 Å². The van der Waals surface area contributed by atoms with Crippen LogP contribution < -0.4 is 4.74 Å². The van der Waals surface area contributed by atoms with Gasteiger partial charge in [0.05, 0.1) is 12.7 Å². The molecule has 19 heavy (non-hydrogen) atoms. The Morgan fingerprint density at radius 2 is 2.21 bits per heavy atom. The van der Waals surface area contributed by atoms with Crippen molar-refractivity contribution in [1.82, 2.24) is 0 Å². The van der Waals surface area contributed by atoms with Gasteiger partial charge >= 0.3 is 0 Å². The highest BCUT2D eigenvalue weighted by Crippen LogP contribution is 2.29. The Morgan fingerprint density at radius 1 is 1.42 bits per heavy atom. The molecule has 2 rings (SSSR count). The topological polar surface area (TPSA) is 43.4 Å². The second-order valence-electron chi connectivity index (χ2n) is 5.08. The number of ketones is 2. The zero-order valence-electron chi connectivity index (χ0n) is 11.6. The van der Waals surface area contributed by atoms with Gasteiger partial charge in [-0.2, -0.15) is 0 Å². The van der Waals surface area contributed by atoms with Crippen LogP contribution in [0, 0.1) is 5.92 Å². The van der Waals surface area contributed by atoms with Crippen molar-refractivity contribution in [2.24, 2.45) is 5.92 Å². The second kappa shape index (κ2) is 6.00. The number of ether oxygens (including phenoxy) is 1. The molecular weight excluding hydrogens is 240 g/mol. The smallest absolute Gasteiger partial charge is 0.170 e. The van der Waals surface area contributed by atoms with Gasteiger partial charge in [-0.25, -0.2) is 0 Å². The highest BCUT2D eigenvalue weighted by molar-refractivity contribution is 6.02. The number of benzene rings is 1. The number of hydrogen-bond donors (Lipinski definition) is 0.